The Morgan fingerprint density at radius 3 is 2.15 bits per heavy atom. The molecule has 134 valence electrons. The number of nitrogens with one attached hydrogen (secondary N) is 2. The van der Waals surface area contributed by atoms with E-state index in [-0.39, 0.29) is 0 Å². The largest absolute Gasteiger partial charge is 0.497 e. The number of methoxy groups -OCH3 is 2. The van der Waals surface area contributed by atoms with Gasteiger partial charge in [0.15, 0.2) is 0 Å². The van der Waals surface area contributed by atoms with E-state index in [9.17, 15) is 14.4 Å². The number of amides is 2. The topological polar surface area (TPSA) is 106 Å². The molecule has 26 heavy (non-hydrogen) atoms. The van der Waals surface area contributed by atoms with Crippen LogP contribution in [0.25, 0.3) is 0 Å². The van der Waals surface area contributed by atoms with Gasteiger partial charge in [-0.1, -0.05) is 12.1 Å². The first-order chi connectivity index (χ1) is 12.5. The highest BCUT2D eigenvalue weighted by atomic mass is 16.5. The van der Waals surface area contributed by atoms with Crippen molar-refractivity contribution in [3.05, 3.63) is 59.7 Å². The van der Waals surface area contributed by atoms with Crippen LogP contribution >= 0.6 is 0 Å². The summed E-state index contributed by atoms with van der Waals surface area (Å²) in [7, 11) is 2.83. The lowest BCUT2D eigenvalue weighted by molar-refractivity contribution is -0.136. The fraction of sp³-hybridized carbons (Fsp3) is 0.111. The lowest BCUT2D eigenvalue weighted by Crippen LogP contribution is -2.32. The summed E-state index contributed by atoms with van der Waals surface area (Å²) in [6, 6.07) is 12.9. The van der Waals surface area contributed by atoms with E-state index in [1.54, 1.807) is 48.5 Å². The van der Waals surface area contributed by atoms with Crippen LogP contribution in [0.4, 0.5) is 5.69 Å². The molecule has 0 aliphatic heterocycles. The van der Waals surface area contributed by atoms with Gasteiger partial charge < -0.3 is 14.8 Å². The molecule has 8 nitrogen and oxygen atoms in total. The molecule has 0 aliphatic carbocycles. The number of hydrogen-bond donors (Lipinski definition) is 2. The van der Waals surface area contributed by atoms with Gasteiger partial charge in [0.1, 0.15) is 5.75 Å². The molecule has 0 saturated carbocycles. The van der Waals surface area contributed by atoms with Gasteiger partial charge >= 0.3 is 17.8 Å². The quantitative estimate of drug-likeness (QED) is 0.366. The van der Waals surface area contributed by atoms with Crippen LogP contribution in [0.1, 0.15) is 15.9 Å². The second-order valence-electron chi connectivity index (χ2n) is 5.00. The molecule has 0 aromatic heterocycles. The number of ether oxygens (including phenoxy) is 2. The summed E-state index contributed by atoms with van der Waals surface area (Å²) in [4.78, 5) is 34.8. The maximum Gasteiger partial charge on any atom is 0.337 e. The van der Waals surface area contributed by atoms with E-state index in [1.165, 1.54) is 20.4 Å². The van der Waals surface area contributed by atoms with Crippen molar-refractivity contribution in [2.75, 3.05) is 19.5 Å². The van der Waals surface area contributed by atoms with Gasteiger partial charge in [-0.15, -0.1) is 0 Å². The minimum Gasteiger partial charge on any atom is -0.497 e. The van der Waals surface area contributed by atoms with Gasteiger partial charge in [-0.25, -0.2) is 10.2 Å². The summed E-state index contributed by atoms with van der Waals surface area (Å²) >= 11 is 0. The van der Waals surface area contributed by atoms with Crippen molar-refractivity contribution in [2.24, 2.45) is 5.10 Å². The van der Waals surface area contributed by atoms with E-state index >= 15 is 0 Å². The summed E-state index contributed by atoms with van der Waals surface area (Å²) in [5, 5.41) is 6.14. The van der Waals surface area contributed by atoms with Crippen LogP contribution in [0, 0.1) is 0 Å². The predicted octanol–water partition coefficient (Wildman–Crippen LogP) is 1.57. The summed E-state index contributed by atoms with van der Waals surface area (Å²) in [5.41, 5.74) is 3.61. The zero-order chi connectivity index (χ0) is 18.9. The van der Waals surface area contributed by atoms with Crippen LogP contribution in [-0.4, -0.2) is 38.2 Å². The molecule has 2 amide bonds. The second kappa shape index (κ2) is 8.97. The van der Waals surface area contributed by atoms with Gasteiger partial charge in [-0.3, -0.25) is 9.59 Å². The van der Waals surface area contributed by atoms with Crippen molar-refractivity contribution in [1.82, 2.24) is 5.43 Å². The average molecular weight is 355 g/mol. The van der Waals surface area contributed by atoms with Gasteiger partial charge in [0.05, 0.1) is 26.0 Å². The molecule has 0 radical (unpaired) electrons. The normalized spacial score (nSPS) is 10.2. The molecule has 2 rings (SSSR count). The molecule has 2 aromatic carbocycles. The Kier molecular flexibility index (Phi) is 6.44. The van der Waals surface area contributed by atoms with Crippen molar-refractivity contribution in [3.8, 4) is 5.75 Å². The molecule has 2 N–H and O–H groups in total. The number of hydrogen-bond acceptors (Lipinski definition) is 6. The predicted molar refractivity (Wildman–Crippen MR) is 95.1 cm³/mol. The molecular weight excluding hydrogens is 338 g/mol. The van der Waals surface area contributed by atoms with Crippen molar-refractivity contribution in [2.45, 2.75) is 0 Å². The smallest absolute Gasteiger partial charge is 0.337 e. The van der Waals surface area contributed by atoms with Crippen LogP contribution in [0.15, 0.2) is 53.6 Å². The van der Waals surface area contributed by atoms with Crippen molar-refractivity contribution in [3.63, 3.8) is 0 Å². The number of esters is 1. The Labute approximate surface area is 149 Å². The highest BCUT2D eigenvalue weighted by Crippen LogP contribution is 2.14. The molecule has 0 aliphatic rings. The average Bonchev–Trinajstić information content (AvgIpc) is 2.68. The first-order valence-electron chi connectivity index (χ1n) is 7.50. The monoisotopic (exact) mass is 355 g/mol. The van der Waals surface area contributed by atoms with Crippen molar-refractivity contribution < 1.29 is 23.9 Å². The van der Waals surface area contributed by atoms with Crippen molar-refractivity contribution >= 4 is 29.7 Å². The molecule has 8 heteroatoms. The Hall–Kier alpha value is -3.68. The molecule has 0 atom stereocenters. The molecule has 0 unspecified atom stereocenters. The van der Waals surface area contributed by atoms with Gasteiger partial charge in [0, 0.05) is 5.69 Å². The number of carbonyl (C=O) groups excluding carboxylic acids is 3. The Morgan fingerprint density at radius 1 is 0.923 bits per heavy atom. The number of hydrazone groups is 1. The molecule has 2 aromatic rings. The van der Waals surface area contributed by atoms with E-state index in [2.05, 4.69) is 20.6 Å². The molecule has 0 heterocycles. The van der Waals surface area contributed by atoms with Crippen molar-refractivity contribution in [1.29, 1.82) is 0 Å². The first-order valence-corrected chi connectivity index (χ1v) is 7.50. The summed E-state index contributed by atoms with van der Waals surface area (Å²) in [5.74, 6) is -1.58. The minimum atomic E-state index is -0.914. The maximum atomic E-state index is 11.8. The summed E-state index contributed by atoms with van der Waals surface area (Å²) in [6.45, 7) is 0. The van der Waals surface area contributed by atoms with Crippen LogP contribution in [0.5, 0.6) is 5.75 Å². The lowest BCUT2D eigenvalue weighted by Gasteiger charge is -2.05. The molecular formula is C18H17N3O5. The minimum absolute atomic E-state index is 0.396. The third kappa shape index (κ3) is 5.17. The fourth-order valence-electron chi connectivity index (χ4n) is 1.90. The summed E-state index contributed by atoms with van der Waals surface area (Å²) < 4.78 is 9.60. The number of benzene rings is 2. The first kappa shape index (κ1) is 18.7. The standard InChI is InChI=1S/C18H17N3O5/c1-25-15-9-7-14(8-10-15)20-16(22)17(23)21-19-11-12-3-5-13(6-4-12)18(24)26-2/h3-11H,1-2H3,(H,20,22)(H,21,23)/b19-11-. The molecule has 0 fully saturated rings. The van der Waals surface area contributed by atoms with Crippen LogP contribution < -0.4 is 15.5 Å². The zero-order valence-corrected chi connectivity index (χ0v) is 14.2. The van der Waals surface area contributed by atoms with Gasteiger partial charge in [0.25, 0.3) is 0 Å². The Bertz CT molecular complexity index is 814. The van der Waals surface area contributed by atoms with Gasteiger partial charge in [-0.2, -0.15) is 5.10 Å². The van der Waals surface area contributed by atoms with E-state index in [0.29, 0.717) is 22.6 Å². The number of carbonyl (C=O) groups is 3. The van der Waals surface area contributed by atoms with E-state index in [1.807, 2.05) is 0 Å². The Balaban J connectivity index is 1.87. The van der Waals surface area contributed by atoms with Crippen LogP contribution in [-0.2, 0) is 14.3 Å². The number of anilines is 1. The maximum absolute atomic E-state index is 11.8. The second-order valence-corrected chi connectivity index (χ2v) is 5.00. The number of rotatable bonds is 5. The summed E-state index contributed by atoms with van der Waals surface area (Å²) in [6.07, 6.45) is 1.35. The van der Waals surface area contributed by atoms with E-state index in [0.717, 1.165) is 0 Å². The molecule has 0 bridgehead atoms. The third-order valence-electron chi connectivity index (χ3n) is 3.27. The van der Waals surface area contributed by atoms with Crippen LogP contribution in [0.3, 0.4) is 0 Å². The highest BCUT2D eigenvalue weighted by molar-refractivity contribution is 6.39. The van der Waals surface area contributed by atoms with E-state index < -0.39 is 17.8 Å². The Morgan fingerprint density at radius 2 is 1.58 bits per heavy atom. The number of nitrogens with zero attached hydrogens (tertiary/aromatic N) is 1. The third-order valence-corrected chi connectivity index (χ3v) is 3.27. The van der Waals surface area contributed by atoms with Crippen LogP contribution in [0.2, 0.25) is 0 Å². The van der Waals surface area contributed by atoms with Gasteiger partial charge in [0.2, 0.25) is 0 Å². The zero-order valence-electron chi connectivity index (χ0n) is 14.2. The fourth-order valence-corrected chi connectivity index (χ4v) is 1.90. The molecule has 0 spiro atoms. The van der Waals surface area contributed by atoms with E-state index in [4.69, 9.17) is 4.74 Å². The SMILES string of the molecule is COC(=O)c1ccc(/C=N\NC(=O)C(=O)Nc2ccc(OC)cc2)cc1. The van der Waals surface area contributed by atoms with Gasteiger partial charge in [-0.05, 0) is 42.0 Å². The lowest BCUT2D eigenvalue weighted by atomic mass is 10.1. The highest BCUT2D eigenvalue weighted by Gasteiger charge is 2.12. The molecule has 0 saturated heterocycles.